The molecular formula is C13H17Cl2F3N2. The van der Waals surface area contributed by atoms with Gasteiger partial charge < -0.3 is 5.32 Å². The van der Waals surface area contributed by atoms with Crippen molar-refractivity contribution in [3.8, 4) is 0 Å². The van der Waals surface area contributed by atoms with Gasteiger partial charge in [0.05, 0.1) is 10.6 Å². The molecule has 7 heteroatoms. The number of piperazine rings is 1. The quantitative estimate of drug-likeness (QED) is 0.892. The van der Waals surface area contributed by atoms with Crippen molar-refractivity contribution < 1.29 is 13.2 Å². The van der Waals surface area contributed by atoms with E-state index >= 15 is 0 Å². The lowest BCUT2D eigenvalue weighted by atomic mass is 10.1. The summed E-state index contributed by atoms with van der Waals surface area (Å²) in [5.74, 6) is 0. The first kappa shape index (κ1) is 17.6. The molecule has 1 unspecified atom stereocenters. The van der Waals surface area contributed by atoms with Gasteiger partial charge in [0.15, 0.2) is 0 Å². The van der Waals surface area contributed by atoms with Gasteiger partial charge in [-0.1, -0.05) is 17.7 Å². The zero-order valence-corrected chi connectivity index (χ0v) is 12.6. The van der Waals surface area contributed by atoms with E-state index < -0.39 is 11.7 Å². The minimum Gasteiger partial charge on any atom is -0.312 e. The number of nitrogens with zero attached hydrogens (tertiary/aromatic N) is 1. The number of nitrogens with one attached hydrogen (secondary N) is 1. The number of hydrogen-bond donors (Lipinski definition) is 1. The third-order valence-corrected chi connectivity index (χ3v) is 3.52. The van der Waals surface area contributed by atoms with Gasteiger partial charge in [0.1, 0.15) is 0 Å². The number of benzene rings is 1. The van der Waals surface area contributed by atoms with Gasteiger partial charge in [-0.2, -0.15) is 13.2 Å². The Bertz CT molecular complexity index is 452. The number of halogens is 5. The second-order valence-corrected chi connectivity index (χ2v) is 5.31. The van der Waals surface area contributed by atoms with Crippen molar-refractivity contribution >= 4 is 24.0 Å². The lowest BCUT2D eigenvalue weighted by molar-refractivity contribution is -0.137. The molecule has 20 heavy (non-hydrogen) atoms. The summed E-state index contributed by atoms with van der Waals surface area (Å²) in [4.78, 5) is 2.14. The fourth-order valence-electron chi connectivity index (χ4n) is 2.30. The summed E-state index contributed by atoms with van der Waals surface area (Å²) in [7, 11) is 0. The van der Waals surface area contributed by atoms with Crippen LogP contribution in [-0.2, 0) is 12.7 Å². The number of rotatable bonds is 2. The molecule has 0 aliphatic carbocycles. The highest BCUT2D eigenvalue weighted by Gasteiger charge is 2.33. The predicted molar refractivity (Wildman–Crippen MR) is 76.4 cm³/mol. The van der Waals surface area contributed by atoms with Gasteiger partial charge in [0.25, 0.3) is 0 Å². The van der Waals surface area contributed by atoms with Gasteiger partial charge in [-0.15, -0.1) is 12.4 Å². The predicted octanol–water partition coefficient (Wildman–Crippen LogP) is 3.57. The van der Waals surface area contributed by atoms with Crippen molar-refractivity contribution in [1.82, 2.24) is 10.2 Å². The molecule has 2 rings (SSSR count). The largest absolute Gasteiger partial charge is 0.417 e. The van der Waals surface area contributed by atoms with Crippen molar-refractivity contribution in [3.63, 3.8) is 0 Å². The van der Waals surface area contributed by atoms with Crippen LogP contribution in [0.1, 0.15) is 18.1 Å². The molecule has 1 aliphatic heterocycles. The monoisotopic (exact) mass is 328 g/mol. The zero-order chi connectivity index (χ0) is 14.0. The third kappa shape index (κ3) is 4.52. The van der Waals surface area contributed by atoms with Crippen molar-refractivity contribution in [3.05, 3.63) is 34.3 Å². The Kier molecular flexibility index (Phi) is 6.13. The Labute approximate surface area is 127 Å². The molecule has 114 valence electrons. The maximum atomic E-state index is 12.8. The maximum absolute atomic E-state index is 12.8. The molecule has 1 heterocycles. The molecule has 1 saturated heterocycles. The minimum absolute atomic E-state index is 0. The third-order valence-electron chi connectivity index (χ3n) is 3.20. The fraction of sp³-hybridized carbons (Fsp3) is 0.538. The topological polar surface area (TPSA) is 15.3 Å². The molecule has 0 aromatic heterocycles. The number of hydrogen-bond acceptors (Lipinski definition) is 2. The summed E-state index contributed by atoms with van der Waals surface area (Å²) in [6.07, 6.45) is -4.40. The Morgan fingerprint density at radius 2 is 2.10 bits per heavy atom. The first-order valence-electron chi connectivity index (χ1n) is 6.17. The molecule has 1 aromatic rings. The minimum atomic E-state index is -4.40. The van der Waals surface area contributed by atoms with Gasteiger partial charge in [-0.25, -0.2) is 0 Å². The van der Waals surface area contributed by atoms with E-state index in [4.69, 9.17) is 11.6 Å². The standard InChI is InChI=1S/C13H16ClF3N2.ClH/c1-9-7-19(5-4-18-9)8-10-2-3-12(14)11(6-10)13(15,16)17;/h2-3,6,9,18H,4-5,7-8H2,1H3;1H. The van der Waals surface area contributed by atoms with Crippen LogP contribution in [0.2, 0.25) is 5.02 Å². The Morgan fingerprint density at radius 3 is 2.70 bits per heavy atom. The number of alkyl halides is 3. The zero-order valence-electron chi connectivity index (χ0n) is 11.0. The summed E-state index contributed by atoms with van der Waals surface area (Å²) in [5.41, 5.74) is -0.110. The summed E-state index contributed by atoms with van der Waals surface area (Å²) in [5, 5.41) is 3.05. The molecule has 1 atom stereocenters. The van der Waals surface area contributed by atoms with E-state index in [-0.39, 0.29) is 17.4 Å². The van der Waals surface area contributed by atoms with Gasteiger partial charge >= 0.3 is 6.18 Å². The Balaban J connectivity index is 0.00000200. The van der Waals surface area contributed by atoms with E-state index in [0.717, 1.165) is 25.7 Å². The van der Waals surface area contributed by atoms with Gasteiger partial charge in [-0.05, 0) is 24.6 Å². The van der Waals surface area contributed by atoms with Gasteiger partial charge in [0, 0.05) is 32.2 Å². The van der Waals surface area contributed by atoms with Crippen LogP contribution in [0, 0.1) is 0 Å². The van der Waals surface area contributed by atoms with E-state index in [1.54, 1.807) is 6.07 Å². The highest BCUT2D eigenvalue weighted by atomic mass is 35.5. The van der Waals surface area contributed by atoms with Crippen LogP contribution >= 0.6 is 24.0 Å². The lowest BCUT2D eigenvalue weighted by Crippen LogP contribution is -2.48. The summed E-state index contributed by atoms with van der Waals surface area (Å²) >= 11 is 5.60. The Morgan fingerprint density at radius 1 is 1.40 bits per heavy atom. The van der Waals surface area contributed by atoms with Crippen molar-refractivity contribution in [2.24, 2.45) is 0 Å². The van der Waals surface area contributed by atoms with E-state index in [9.17, 15) is 13.2 Å². The van der Waals surface area contributed by atoms with Crippen LogP contribution < -0.4 is 5.32 Å². The van der Waals surface area contributed by atoms with E-state index in [1.165, 1.54) is 6.07 Å². The molecule has 0 amide bonds. The van der Waals surface area contributed by atoms with E-state index in [1.807, 2.05) is 0 Å². The summed E-state index contributed by atoms with van der Waals surface area (Å²) in [6.45, 7) is 5.13. The molecule has 1 aromatic carbocycles. The van der Waals surface area contributed by atoms with Crippen molar-refractivity contribution in [2.45, 2.75) is 25.7 Å². The summed E-state index contributed by atoms with van der Waals surface area (Å²) < 4.78 is 38.3. The SMILES string of the molecule is CC1CN(Cc2ccc(Cl)c(C(F)(F)F)c2)CCN1.Cl. The molecule has 0 spiro atoms. The van der Waals surface area contributed by atoms with Crippen LogP contribution in [0.4, 0.5) is 13.2 Å². The smallest absolute Gasteiger partial charge is 0.312 e. The van der Waals surface area contributed by atoms with E-state index in [2.05, 4.69) is 17.1 Å². The van der Waals surface area contributed by atoms with Crippen LogP contribution in [0.15, 0.2) is 18.2 Å². The van der Waals surface area contributed by atoms with Gasteiger partial charge in [-0.3, -0.25) is 4.90 Å². The normalized spacial score (nSPS) is 20.6. The average molecular weight is 329 g/mol. The van der Waals surface area contributed by atoms with Gasteiger partial charge in [0.2, 0.25) is 0 Å². The summed E-state index contributed by atoms with van der Waals surface area (Å²) in [6, 6.07) is 4.49. The van der Waals surface area contributed by atoms with Crippen molar-refractivity contribution in [1.29, 1.82) is 0 Å². The van der Waals surface area contributed by atoms with Crippen LogP contribution in [0.5, 0.6) is 0 Å². The van der Waals surface area contributed by atoms with E-state index in [0.29, 0.717) is 18.2 Å². The maximum Gasteiger partial charge on any atom is 0.417 e. The van der Waals surface area contributed by atoms with Crippen LogP contribution in [-0.4, -0.2) is 30.6 Å². The Hall–Kier alpha value is -0.490. The fourth-order valence-corrected chi connectivity index (χ4v) is 2.53. The molecule has 0 saturated carbocycles. The first-order valence-corrected chi connectivity index (χ1v) is 6.55. The first-order chi connectivity index (χ1) is 8.86. The molecular weight excluding hydrogens is 312 g/mol. The molecule has 1 N–H and O–H groups in total. The lowest BCUT2D eigenvalue weighted by Gasteiger charge is -2.32. The molecule has 0 radical (unpaired) electrons. The molecule has 1 aliphatic rings. The highest BCUT2D eigenvalue weighted by Crippen LogP contribution is 2.35. The second-order valence-electron chi connectivity index (χ2n) is 4.90. The molecule has 2 nitrogen and oxygen atoms in total. The van der Waals surface area contributed by atoms with Crippen molar-refractivity contribution in [2.75, 3.05) is 19.6 Å². The average Bonchev–Trinajstić information content (AvgIpc) is 2.30. The van der Waals surface area contributed by atoms with Crippen LogP contribution in [0.25, 0.3) is 0 Å². The molecule has 0 bridgehead atoms. The molecule has 1 fully saturated rings. The highest BCUT2D eigenvalue weighted by molar-refractivity contribution is 6.31. The second kappa shape index (κ2) is 6.98. The van der Waals surface area contributed by atoms with Crippen LogP contribution in [0.3, 0.4) is 0 Å².